The Balaban J connectivity index is 1.33. The van der Waals surface area contributed by atoms with Gasteiger partial charge in [-0.3, -0.25) is 10.1 Å². The van der Waals surface area contributed by atoms with Crippen molar-refractivity contribution in [2.75, 3.05) is 18.7 Å². The Morgan fingerprint density at radius 2 is 2.07 bits per heavy atom. The van der Waals surface area contributed by atoms with E-state index in [2.05, 4.69) is 10.3 Å². The lowest BCUT2D eigenvalue weighted by atomic mass is 9.98. The fourth-order valence-electron chi connectivity index (χ4n) is 3.46. The first-order valence-electron chi connectivity index (χ1n) is 9.43. The normalized spacial score (nSPS) is 16.5. The Morgan fingerprint density at radius 3 is 2.93 bits per heavy atom. The summed E-state index contributed by atoms with van der Waals surface area (Å²) >= 11 is 1.51. The average molecular weight is 388 g/mol. The summed E-state index contributed by atoms with van der Waals surface area (Å²) in [6.07, 6.45) is 6.75. The Morgan fingerprint density at radius 1 is 1.26 bits per heavy atom. The molecule has 1 amide bonds. The number of anilines is 1. The Kier molecular flexibility index (Phi) is 5.59. The summed E-state index contributed by atoms with van der Waals surface area (Å²) in [7, 11) is 0. The van der Waals surface area contributed by atoms with E-state index < -0.39 is 0 Å². The molecule has 0 atom stereocenters. The molecule has 2 aromatic rings. The number of carbonyl (C=O) groups excluding carboxylic acids is 1. The zero-order valence-corrected chi connectivity index (χ0v) is 16.3. The molecule has 0 saturated heterocycles. The molecule has 1 aromatic heterocycles. The molecule has 7 heteroatoms. The van der Waals surface area contributed by atoms with Crippen LogP contribution in [-0.2, 0) is 16.0 Å². The maximum atomic E-state index is 12.2. The van der Waals surface area contributed by atoms with Crippen molar-refractivity contribution in [2.24, 2.45) is 0 Å². The molecular formula is C20H24N2O4S. The van der Waals surface area contributed by atoms with E-state index in [-0.39, 0.29) is 25.4 Å². The molecule has 1 N–H and O–H groups in total. The number of nitrogens with zero attached hydrogens (tertiary/aromatic N) is 1. The highest BCUT2D eigenvalue weighted by Crippen LogP contribution is 2.34. The molecule has 144 valence electrons. The summed E-state index contributed by atoms with van der Waals surface area (Å²) in [5.74, 6) is 1.43. The monoisotopic (exact) mass is 388 g/mol. The number of benzene rings is 1. The van der Waals surface area contributed by atoms with E-state index in [4.69, 9.17) is 14.2 Å². The van der Waals surface area contributed by atoms with Gasteiger partial charge in [0.25, 0.3) is 5.91 Å². The lowest BCUT2D eigenvalue weighted by Crippen LogP contribution is -2.24. The number of thiazole rings is 1. The topological polar surface area (TPSA) is 69.7 Å². The number of carbonyl (C=O) groups is 1. The van der Waals surface area contributed by atoms with Crippen LogP contribution in [0.5, 0.6) is 11.5 Å². The number of hydrogen-bond acceptors (Lipinski definition) is 6. The zero-order chi connectivity index (χ0) is 18.6. The van der Waals surface area contributed by atoms with E-state index in [1.54, 1.807) is 0 Å². The standard InChI is InChI=1S/C20H24N2O4S/c1-13-18(10-14-7-8-16-17(9-14)26-12-25-16)27-20(21-13)22-19(23)11-24-15-5-3-2-4-6-15/h7-9,15H,2-6,10-12H2,1H3,(H,21,22,23). The van der Waals surface area contributed by atoms with Crippen molar-refractivity contribution >= 4 is 22.4 Å². The van der Waals surface area contributed by atoms with Gasteiger partial charge in [0.1, 0.15) is 6.61 Å². The third-order valence-electron chi connectivity index (χ3n) is 4.94. The number of amides is 1. The van der Waals surface area contributed by atoms with Gasteiger partial charge in [-0.25, -0.2) is 4.98 Å². The highest BCUT2D eigenvalue weighted by atomic mass is 32.1. The number of rotatable bonds is 6. The van der Waals surface area contributed by atoms with Gasteiger partial charge < -0.3 is 14.2 Å². The second kappa shape index (κ2) is 8.27. The predicted octanol–water partition coefficient (Wildman–Crippen LogP) is 4.06. The van der Waals surface area contributed by atoms with Crippen LogP contribution in [0.25, 0.3) is 0 Å². The number of aryl methyl sites for hydroxylation is 1. The van der Waals surface area contributed by atoms with Crippen LogP contribution >= 0.6 is 11.3 Å². The van der Waals surface area contributed by atoms with Gasteiger partial charge in [-0.2, -0.15) is 0 Å². The second-order valence-electron chi connectivity index (χ2n) is 7.01. The molecule has 27 heavy (non-hydrogen) atoms. The first-order chi connectivity index (χ1) is 13.2. The van der Waals surface area contributed by atoms with Crippen LogP contribution in [0.2, 0.25) is 0 Å². The molecule has 1 fully saturated rings. The molecule has 0 bridgehead atoms. The van der Waals surface area contributed by atoms with Crippen LogP contribution in [0.3, 0.4) is 0 Å². The van der Waals surface area contributed by atoms with Crippen LogP contribution in [0.1, 0.15) is 48.2 Å². The van der Waals surface area contributed by atoms with Crippen molar-refractivity contribution in [1.29, 1.82) is 0 Å². The lowest BCUT2D eigenvalue weighted by molar-refractivity contribution is -0.123. The zero-order valence-electron chi connectivity index (χ0n) is 15.5. The third kappa shape index (κ3) is 4.59. The molecule has 0 spiro atoms. The predicted molar refractivity (Wildman–Crippen MR) is 104 cm³/mol. The van der Waals surface area contributed by atoms with E-state index >= 15 is 0 Å². The smallest absolute Gasteiger partial charge is 0.252 e. The van der Waals surface area contributed by atoms with E-state index in [1.165, 1.54) is 30.6 Å². The highest BCUT2D eigenvalue weighted by Gasteiger charge is 2.17. The molecule has 1 aliphatic carbocycles. The highest BCUT2D eigenvalue weighted by molar-refractivity contribution is 7.15. The Bertz CT molecular complexity index is 814. The SMILES string of the molecule is Cc1nc(NC(=O)COC2CCCCC2)sc1Cc1ccc2c(c1)OCO2. The minimum Gasteiger partial charge on any atom is -0.454 e. The van der Waals surface area contributed by atoms with E-state index in [9.17, 15) is 4.79 Å². The molecule has 2 aliphatic rings. The van der Waals surface area contributed by atoms with Crippen molar-refractivity contribution in [2.45, 2.75) is 51.6 Å². The van der Waals surface area contributed by atoms with Gasteiger partial charge in [-0.1, -0.05) is 25.3 Å². The van der Waals surface area contributed by atoms with Crippen LogP contribution in [0.4, 0.5) is 5.13 Å². The first-order valence-corrected chi connectivity index (χ1v) is 10.3. The van der Waals surface area contributed by atoms with Crippen molar-refractivity contribution in [3.63, 3.8) is 0 Å². The number of hydrogen-bond donors (Lipinski definition) is 1. The summed E-state index contributed by atoms with van der Waals surface area (Å²) in [6, 6.07) is 5.96. The van der Waals surface area contributed by atoms with Crippen LogP contribution < -0.4 is 14.8 Å². The van der Waals surface area contributed by atoms with Crippen molar-refractivity contribution < 1.29 is 19.0 Å². The van der Waals surface area contributed by atoms with Gasteiger partial charge in [-0.05, 0) is 37.5 Å². The van der Waals surface area contributed by atoms with Crippen molar-refractivity contribution in [3.05, 3.63) is 34.3 Å². The van der Waals surface area contributed by atoms with Crippen LogP contribution in [0, 0.1) is 6.92 Å². The molecule has 0 unspecified atom stereocenters. The molecule has 0 radical (unpaired) electrons. The van der Waals surface area contributed by atoms with Crippen LogP contribution in [0.15, 0.2) is 18.2 Å². The Labute approximate surface area is 162 Å². The molecular weight excluding hydrogens is 364 g/mol. The molecule has 1 saturated carbocycles. The van der Waals surface area contributed by atoms with Gasteiger partial charge in [0.2, 0.25) is 6.79 Å². The van der Waals surface area contributed by atoms with Gasteiger partial charge in [0, 0.05) is 11.3 Å². The van der Waals surface area contributed by atoms with Gasteiger partial charge >= 0.3 is 0 Å². The van der Waals surface area contributed by atoms with Gasteiger partial charge in [0.15, 0.2) is 16.6 Å². The molecule has 4 rings (SSSR count). The fraction of sp³-hybridized carbons (Fsp3) is 0.500. The average Bonchev–Trinajstić information content (AvgIpc) is 3.27. The first kappa shape index (κ1) is 18.3. The largest absolute Gasteiger partial charge is 0.454 e. The van der Waals surface area contributed by atoms with E-state index in [0.717, 1.165) is 46.9 Å². The fourth-order valence-corrected chi connectivity index (χ4v) is 4.48. The van der Waals surface area contributed by atoms with Crippen LogP contribution in [-0.4, -0.2) is 30.4 Å². The summed E-state index contributed by atoms with van der Waals surface area (Å²) in [5, 5.41) is 3.49. The number of aromatic nitrogens is 1. The summed E-state index contributed by atoms with van der Waals surface area (Å²) in [6.45, 7) is 2.34. The lowest BCUT2D eigenvalue weighted by Gasteiger charge is -2.21. The van der Waals surface area contributed by atoms with Gasteiger partial charge in [-0.15, -0.1) is 11.3 Å². The van der Waals surface area contributed by atoms with Gasteiger partial charge in [0.05, 0.1) is 11.8 Å². The van der Waals surface area contributed by atoms with Crippen molar-refractivity contribution in [3.8, 4) is 11.5 Å². The number of fused-ring (bicyclic) bond motifs is 1. The molecule has 1 aliphatic heterocycles. The number of nitrogens with one attached hydrogen (secondary N) is 1. The van der Waals surface area contributed by atoms with E-state index in [1.807, 2.05) is 25.1 Å². The summed E-state index contributed by atoms with van der Waals surface area (Å²) in [5.41, 5.74) is 2.06. The maximum absolute atomic E-state index is 12.2. The minimum absolute atomic E-state index is 0.0980. The van der Waals surface area contributed by atoms with Crippen molar-refractivity contribution in [1.82, 2.24) is 4.98 Å². The quantitative estimate of drug-likeness (QED) is 0.808. The molecule has 2 heterocycles. The molecule has 6 nitrogen and oxygen atoms in total. The molecule has 1 aromatic carbocycles. The van der Waals surface area contributed by atoms with E-state index in [0.29, 0.717) is 5.13 Å². The maximum Gasteiger partial charge on any atom is 0.252 e. The third-order valence-corrected chi connectivity index (χ3v) is 6.02. The summed E-state index contributed by atoms with van der Waals surface area (Å²) in [4.78, 5) is 17.8. The summed E-state index contributed by atoms with van der Waals surface area (Å²) < 4.78 is 16.5. The number of ether oxygens (including phenoxy) is 3. The minimum atomic E-state index is -0.135. The second-order valence-corrected chi connectivity index (χ2v) is 8.09. The Hall–Kier alpha value is -2.12.